The molecular formula is C11H12N2O2S. The smallest absolute Gasteiger partial charge is 0.244 e. The second-order valence-electron chi connectivity index (χ2n) is 3.54. The minimum absolute atomic E-state index is 0.167. The Hall–Kier alpha value is -1.33. The Morgan fingerprint density at radius 3 is 2.94 bits per heavy atom. The highest BCUT2D eigenvalue weighted by Crippen LogP contribution is 2.35. The zero-order valence-corrected chi connectivity index (χ0v) is 9.71. The van der Waals surface area contributed by atoms with Gasteiger partial charge >= 0.3 is 0 Å². The molecule has 84 valence electrons. The molecule has 1 aromatic rings. The van der Waals surface area contributed by atoms with Gasteiger partial charge in [-0.15, -0.1) is 11.8 Å². The Morgan fingerprint density at radius 1 is 1.56 bits per heavy atom. The Bertz CT molecular complexity index is 459. The van der Waals surface area contributed by atoms with E-state index in [-0.39, 0.29) is 11.8 Å². The predicted molar refractivity (Wildman–Crippen MR) is 63.2 cm³/mol. The van der Waals surface area contributed by atoms with Gasteiger partial charge in [0.2, 0.25) is 11.8 Å². The number of rotatable bonds is 1. The molecule has 2 amide bonds. The SMILES string of the molecule is CC(=O)N1C(=O)CSc2ccc(CN)cc21. The molecule has 0 saturated heterocycles. The second kappa shape index (κ2) is 4.27. The van der Waals surface area contributed by atoms with E-state index < -0.39 is 0 Å². The second-order valence-corrected chi connectivity index (χ2v) is 4.56. The number of nitrogens with two attached hydrogens (primary N) is 1. The van der Waals surface area contributed by atoms with Crippen LogP contribution in [-0.4, -0.2) is 17.6 Å². The van der Waals surface area contributed by atoms with Crippen molar-refractivity contribution in [3.05, 3.63) is 23.8 Å². The minimum Gasteiger partial charge on any atom is -0.326 e. The summed E-state index contributed by atoms with van der Waals surface area (Å²) in [4.78, 5) is 25.3. The van der Waals surface area contributed by atoms with Gasteiger partial charge in [-0.05, 0) is 17.7 Å². The lowest BCUT2D eigenvalue weighted by molar-refractivity contribution is -0.124. The number of hydrogen-bond donors (Lipinski definition) is 1. The monoisotopic (exact) mass is 236 g/mol. The van der Waals surface area contributed by atoms with Crippen LogP contribution in [-0.2, 0) is 16.1 Å². The van der Waals surface area contributed by atoms with Crippen LogP contribution in [0.1, 0.15) is 12.5 Å². The number of fused-ring (bicyclic) bond motifs is 1. The summed E-state index contributed by atoms with van der Waals surface area (Å²) >= 11 is 1.45. The Balaban J connectivity index is 2.52. The highest BCUT2D eigenvalue weighted by molar-refractivity contribution is 8.00. The number of imide groups is 1. The zero-order valence-electron chi connectivity index (χ0n) is 8.90. The summed E-state index contributed by atoms with van der Waals surface area (Å²) in [6, 6.07) is 5.63. The first-order valence-corrected chi connectivity index (χ1v) is 5.91. The quantitative estimate of drug-likeness (QED) is 0.794. The van der Waals surface area contributed by atoms with Gasteiger partial charge in [-0.25, -0.2) is 4.90 Å². The molecule has 2 N–H and O–H groups in total. The number of carbonyl (C=O) groups excluding carboxylic acids is 2. The van der Waals surface area contributed by atoms with Crippen molar-refractivity contribution in [1.82, 2.24) is 0 Å². The lowest BCUT2D eigenvalue weighted by Gasteiger charge is -2.26. The summed E-state index contributed by atoms with van der Waals surface area (Å²) in [5.74, 6) is -0.103. The predicted octanol–water partition coefficient (Wildman–Crippen LogP) is 1.13. The summed E-state index contributed by atoms with van der Waals surface area (Å²) in [5.41, 5.74) is 7.12. The van der Waals surface area contributed by atoms with E-state index in [1.54, 1.807) is 6.07 Å². The number of anilines is 1. The first-order chi connectivity index (χ1) is 7.63. The molecule has 2 rings (SSSR count). The van der Waals surface area contributed by atoms with E-state index in [0.717, 1.165) is 10.5 Å². The Morgan fingerprint density at radius 2 is 2.31 bits per heavy atom. The molecule has 0 radical (unpaired) electrons. The first-order valence-electron chi connectivity index (χ1n) is 4.93. The van der Waals surface area contributed by atoms with Gasteiger partial charge in [-0.2, -0.15) is 0 Å². The molecule has 16 heavy (non-hydrogen) atoms. The van der Waals surface area contributed by atoms with E-state index in [2.05, 4.69) is 0 Å². The molecule has 1 aromatic carbocycles. The minimum atomic E-state index is -0.249. The molecule has 0 saturated carbocycles. The highest BCUT2D eigenvalue weighted by Gasteiger charge is 2.27. The molecule has 0 bridgehead atoms. The molecule has 0 aromatic heterocycles. The maximum Gasteiger partial charge on any atom is 0.244 e. The van der Waals surface area contributed by atoms with Crippen molar-refractivity contribution >= 4 is 29.3 Å². The summed E-state index contributed by atoms with van der Waals surface area (Å²) in [7, 11) is 0. The van der Waals surface area contributed by atoms with Crippen molar-refractivity contribution in [3.8, 4) is 0 Å². The molecule has 0 atom stereocenters. The number of hydrogen-bond acceptors (Lipinski definition) is 4. The van der Waals surface area contributed by atoms with E-state index in [0.29, 0.717) is 18.0 Å². The number of amides is 2. The van der Waals surface area contributed by atoms with Crippen molar-refractivity contribution in [2.45, 2.75) is 18.4 Å². The fourth-order valence-corrected chi connectivity index (χ4v) is 2.54. The van der Waals surface area contributed by atoms with Crippen LogP contribution in [0.5, 0.6) is 0 Å². The van der Waals surface area contributed by atoms with E-state index in [1.807, 2.05) is 12.1 Å². The van der Waals surface area contributed by atoms with Crippen LogP contribution >= 0.6 is 11.8 Å². The molecule has 0 spiro atoms. The van der Waals surface area contributed by atoms with Crippen molar-refractivity contribution in [2.24, 2.45) is 5.73 Å². The molecule has 1 aliphatic rings. The van der Waals surface area contributed by atoms with Crippen LogP contribution in [0.15, 0.2) is 23.1 Å². The topological polar surface area (TPSA) is 63.4 Å². The van der Waals surface area contributed by atoms with Gasteiger partial charge in [0, 0.05) is 18.4 Å². The first kappa shape index (κ1) is 11.2. The van der Waals surface area contributed by atoms with Gasteiger partial charge in [0.05, 0.1) is 11.4 Å². The van der Waals surface area contributed by atoms with Crippen molar-refractivity contribution in [2.75, 3.05) is 10.7 Å². The van der Waals surface area contributed by atoms with Gasteiger partial charge in [-0.1, -0.05) is 6.07 Å². The van der Waals surface area contributed by atoms with Gasteiger partial charge in [0.15, 0.2) is 0 Å². The number of benzene rings is 1. The van der Waals surface area contributed by atoms with Gasteiger partial charge in [0.1, 0.15) is 0 Å². The van der Waals surface area contributed by atoms with Crippen LogP contribution in [0, 0.1) is 0 Å². The van der Waals surface area contributed by atoms with Crippen molar-refractivity contribution in [1.29, 1.82) is 0 Å². The summed E-state index contributed by atoms with van der Waals surface area (Å²) in [6.45, 7) is 1.80. The van der Waals surface area contributed by atoms with Crippen LogP contribution < -0.4 is 10.6 Å². The van der Waals surface area contributed by atoms with Gasteiger partial charge < -0.3 is 5.73 Å². The van der Waals surface area contributed by atoms with E-state index in [4.69, 9.17) is 5.73 Å². The summed E-state index contributed by atoms with van der Waals surface area (Å²) in [6.07, 6.45) is 0. The number of thioether (sulfide) groups is 1. The van der Waals surface area contributed by atoms with Crippen molar-refractivity contribution < 1.29 is 9.59 Å². The van der Waals surface area contributed by atoms with E-state index >= 15 is 0 Å². The number of nitrogens with zero attached hydrogens (tertiary/aromatic N) is 1. The Kier molecular flexibility index (Phi) is 2.98. The van der Waals surface area contributed by atoms with Crippen LogP contribution in [0.4, 0.5) is 5.69 Å². The molecule has 5 heteroatoms. The number of carbonyl (C=O) groups is 2. The van der Waals surface area contributed by atoms with Gasteiger partial charge in [0.25, 0.3) is 0 Å². The average molecular weight is 236 g/mol. The lowest BCUT2D eigenvalue weighted by atomic mass is 10.2. The third kappa shape index (κ3) is 1.83. The summed E-state index contributed by atoms with van der Waals surface area (Å²) in [5, 5.41) is 0. The highest BCUT2D eigenvalue weighted by atomic mass is 32.2. The average Bonchev–Trinajstić information content (AvgIpc) is 2.27. The fraction of sp³-hybridized carbons (Fsp3) is 0.273. The molecule has 1 heterocycles. The van der Waals surface area contributed by atoms with Crippen LogP contribution in [0.25, 0.3) is 0 Å². The third-order valence-corrected chi connectivity index (χ3v) is 3.46. The largest absolute Gasteiger partial charge is 0.326 e. The summed E-state index contributed by atoms with van der Waals surface area (Å²) < 4.78 is 0. The fourth-order valence-electron chi connectivity index (χ4n) is 1.67. The lowest BCUT2D eigenvalue weighted by Crippen LogP contribution is -2.39. The molecule has 0 fully saturated rings. The molecule has 0 unspecified atom stereocenters. The van der Waals surface area contributed by atoms with Crippen LogP contribution in [0.3, 0.4) is 0 Å². The van der Waals surface area contributed by atoms with E-state index in [1.165, 1.54) is 23.6 Å². The molecular weight excluding hydrogens is 224 g/mol. The third-order valence-electron chi connectivity index (χ3n) is 2.42. The molecule has 0 aliphatic carbocycles. The Labute approximate surface area is 97.8 Å². The van der Waals surface area contributed by atoms with E-state index in [9.17, 15) is 9.59 Å². The van der Waals surface area contributed by atoms with Crippen molar-refractivity contribution in [3.63, 3.8) is 0 Å². The standard InChI is InChI=1S/C11H12N2O2S/c1-7(14)13-9-4-8(5-12)2-3-10(9)16-6-11(13)15/h2-4H,5-6,12H2,1H3. The molecule has 1 aliphatic heterocycles. The maximum absolute atomic E-state index is 11.7. The van der Waals surface area contributed by atoms with Crippen LogP contribution in [0.2, 0.25) is 0 Å². The molecule has 4 nitrogen and oxygen atoms in total. The maximum atomic E-state index is 11.7. The normalized spacial score (nSPS) is 14.9. The zero-order chi connectivity index (χ0) is 11.7. The van der Waals surface area contributed by atoms with Gasteiger partial charge in [-0.3, -0.25) is 9.59 Å².